The molecule has 2 rings (SSSR count). The van der Waals surface area contributed by atoms with Crippen molar-refractivity contribution in [1.82, 2.24) is 4.98 Å². The minimum atomic E-state index is -0.376. The summed E-state index contributed by atoms with van der Waals surface area (Å²) in [5.74, 6) is -0.376. The van der Waals surface area contributed by atoms with Crippen molar-refractivity contribution in [2.75, 3.05) is 25.1 Å². The van der Waals surface area contributed by atoms with E-state index in [2.05, 4.69) is 14.6 Å². The Kier molecular flexibility index (Phi) is 3.39. The maximum Gasteiger partial charge on any atom is 0.356 e. The molecule has 1 aromatic rings. The monoisotopic (exact) mass is 220 g/mol. The summed E-state index contributed by atoms with van der Waals surface area (Å²) in [5.41, 5.74) is 1.45. The third-order valence-electron chi connectivity index (χ3n) is 2.86. The van der Waals surface area contributed by atoms with Crippen LogP contribution in [-0.4, -0.2) is 31.2 Å². The smallest absolute Gasteiger partial charge is 0.356 e. The number of hydrogen-bond donors (Lipinski definition) is 0. The molecule has 2 heterocycles. The van der Waals surface area contributed by atoms with E-state index < -0.39 is 0 Å². The first-order valence-corrected chi connectivity index (χ1v) is 5.60. The normalized spacial score (nSPS) is 15.9. The van der Waals surface area contributed by atoms with Gasteiger partial charge in [-0.05, 0) is 31.4 Å². The molecule has 4 nitrogen and oxygen atoms in total. The number of hydrogen-bond acceptors (Lipinski definition) is 4. The van der Waals surface area contributed by atoms with Gasteiger partial charge in [-0.2, -0.15) is 0 Å². The first-order valence-electron chi connectivity index (χ1n) is 5.60. The molecule has 1 aromatic heterocycles. The van der Waals surface area contributed by atoms with E-state index in [4.69, 9.17) is 0 Å². The van der Waals surface area contributed by atoms with Gasteiger partial charge < -0.3 is 9.64 Å². The first kappa shape index (κ1) is 10.9. The van der Waals surface area contributed by atoms with E-state index >= 15 is 0 Å². The van der Waals surface area contributed by atoms with Crippen molar-refractivity contribution >= 4 is 11.7 Å². The largest absolute Gasteiger partial charge is 0.464 e. The van der Waals surface area contributed by atoms with Crippen LogP contribution in [0.25, 0.3) is 0 Å². The second-order valence-electron chi connectivity index (χ2n) is 3.94. The number of rotatable bonds is 2. The third kappa shape index (κ3) is 2.32. The highest BCUT2D eigenvalue weighted by Crippen LogP contribution is 2.19. The topological polar surface area (TPSA) is 42.4 Å². The third-order valence-corrected chi connectivity index (χ3v) is 2.86. The lowest BCUT2D eigenvalue weighted by Gasteiger charge is -2.28. The molecule has 0 radical (unpaired) electrons. The number of piperidine rings is 1. The molecule has 16 heavy (non-hydrogen) atoms. The van der Waals surface area contributed by atoms with Crippen molar-refractivity contribution in [3.8, 4) is 0 Å². The number of aromatic nitrogens is 1. The average molecular weight is 220 g/mol. The van der Waals surface area contributed by atoms with Crippen LogP contribution in [0.3, 0.4) is 0 Å². The number of methoxy groups -OCH3 is 1. The van der Waals surface area contributed by atoms with Crippen LogP contribution in [0.15, 0.2) is 18.3 Å². The molecule has 1 aliphatic rings. The highest BCUT2D eigenvalue weighted by molar-refractivity contribution is 5.88. The molecule has 0 unspecified atom stereocenters. The summed E-state index contributed by atoms with van der Waals surface area (Å²) < 4.78 is 4.66. The summed E-state index contributed by atoms with van der Waals surface area (Å²) >= 11 is 0. The van der Waals surface area contributed by atoms with Gasteiger partial charge in [-0.1, -0.05) is 0 Å². The van der Waals surface area contributed by atoms with Crippen LogP contribution in [0.2, 0.25) is 0 Å². The van der Waals surface area contributed by atoms with Gasteiger partial charge in [-0.3, -0.25) is 0 Å². The molecule has 0 atom stereocenters. The zero-order valence-electron chi connectivity index (χ0n) is 9.48. The first-order chi connectivity index (χ1) is 7.81. The van der Waals surface area contributed by atoms with Crippen LogP contribution in [0.4, 0.5) is 5.69 Å². The summed E-state index contributed by atoms with van der Waals surface area (Å²) in [5, 5.41) is 0. The highest BCUT2D eigenvalue weighted by atomic mass is 16.5. The molecule has 0 spiro atoms. The van der Waals surface area contributed by atoms with Gasteiger partial charge in [0.25, 0.3) is 0 Å². The fourth-order valence-electron chi connectivity index (χ4n) is 1.98. The van der Waals surface area contributed by atoms with Gasteiger partial charge in [0.1, 0.15) is 5.69 Å². The Labute approximate surface area is 95.2 Å². The summed E-state index contributed by atoms with van der Waals surface area (Å²) in [6.45, 7) is 2.12. The van der Waals surface area contributed by atoms with Crippen LogP contribution in [0.1, 0.15) is 29.8 Å². The van der Waals surface area contributed by atoms with Gasteiger partial charge in [-0.15, -0.1) is 0 Å². The van der Waals surface area contributed by atoms with Crippen LogP contribution in [-0.2, 0) is 4.74 Å². The molecule has 1 aliphatic heterocycles. The lowest BCUT2D eigenvalue weighted by atomic mass is 10.1. The second-order valence-corrected chi connectivity index (χ2v) is 3.94. The second kappa shape index (κ2) is 4.96. The van der Waals surface area contributed by atoms with E-state index in [1.165, 1.54) is 26.4 Å². The maximum atomic E-state index is 11.3. The molecule has 86 valence electrons. The number of pyridine rings is 1. The Morgan fingerprint density at radius 1 is 1.38 bits per heavy atom. The van der Waals surface area contributed by atoms with Crippen LogP contribution >= 0.6 is 0 Å². The molecule has 0 saturated carbocycles. The Balaban J connectivity index is 2.17. The predicted molar refractivity (Wildman–Crippen MR) is 61.6 cm³/mol. The lowest BCUT2D eigenvalue weighted by molar-refractivity contribution is 0.0594. The molecule has 0 aromatic carbocycles. The molecule has 1 saturated heterocycles. The zero-order chi connectivity index (χ0) is 11.4. The van der Waals surface area contributed by atoms with Gasteiger partial charge in [0, 0.05) is 25.0 Å². The Morgan fingerprint density at radius 3 is 2.81 bits per heavy atom. The SMILES string of the molecule is COC(=O)c1cc(N2CCCCC2)ccn1. The zero-order valence-corrected chi connectivity index (χ0v) is 9.48. The van der Waals surface area contributed by atoms with Gasteiger partial charge in [0.05, 0.1) is 7.11 Å². The number of esters is 1. The Morgan fingerprint density at radius 2 is 2.12 bits per heavy atom. The highest BCUT2D eigenvalue weighted by Gasteiger charge is 2.13. The van der Waals surface area contributed by atoms with Gasteiger partial charge in [-0.25, -0.2) is 9.78 Å². The summed E-state index contributed by atoms with van der Waals surface area (Å²) in [6, 6.07) is 3.74. The van der Waals surface area contributed by atoms with E-state index in [9.17, 15) is 4.79 Å². The van der Waals surface area contributed by atoms with Crippen molar-refractivity contribution in [3.05, 3.63) is 24.0 Å². The van der Waals surface area contributed by atoms with Crippen molar-refractivity contribution < 1.29 is 9.53 Å². The molecule has 1 fully saturated rings. The quantitative estimate of drug-likeness (QED) is 0.713. The minimum absolute atomic E-state index is 0.376. The van der Waals surface area contributed by atoms with E-state index in [1.807, 2.05) is 6.07 Å². The number of nitrogens with zero attached hydrogens (tertiary/aromatic N) is 2. The predicted octanol–water partition coefficient (Wildman–Crippen LogP) is 1.86. The summed E-state index contributed by atoms with van der Waals surface area (Å²) in [6.07, 6.45) is 5.40. The Bertz CT molecular complexity index is 373. The average Bonchev–Trinajstić information content (AvgIpc) is 2.39. The summed E-state index contributed by atoms with van der Waals surface area (Å²) in [4.78, 5) is 17.6. The van der Waals surface area contributed by atoms with E-state index in [0.717, 1.165) is 18.8 Å². The van der Waals surface area contributed by atoms with Crippen molar-refractivity contribution in [2.24, 2.45) is 0 Å². The molecule has 0 bridgehead atoms. The fourth-order valence-corrected chi connectivity index (χ4v) is 1.98. The summed E-state index contributed by atoms with van der Waals surface area (Å²) in [7, 11) is 1.37. The minimum Gasteiger partial charge on any atom is -0.464 e. The Hall–Kier alpha value is -1.58. The van der Waals surface area contributed by atoms with E-state index in [-0.39, 0.29) is 5.97 Å². The lowest BCUT2D eigenvalue weighted by Crippen LogP contribution is -2.29. The van der Waals surface area contributed by atoms with Crippen molar-refractivity contribution in [3.63, 3.8) is 0 Å². The molecule has 0 aliphatic carbocycles. The van der Waals surface area contributed by atoms with Crippen LogP contribution < -0.4 is 4.90 Å². The van der Waals surface area contributed by atoms with Crippen molar-refractivity contribution in [1.29, 1.82) is 0 Å². The number of carbonyl (C=O) groups excluding carboxylic acids is 1. The number of ether oxygens (including phenoxy) is 1. The fraction of sp³-hybridized carbons (Fsp3) is 0.500. The maximum absolute atomic E-state index is 11.3. The van der Waals surface area contributed by atoms with E-state index in [1.54, 1.807) is 12.3 Å². The standard InChI is InChI=1S/C12H16N2O2/c1-16-12(15)11-9-10(5-6-13-11)14-7-3-2-4-8-14/h5-6,9H,2-4,7-8H2,1H3. The molecular weight excluding hydrogens is 204 g/mol. The number of anilines is 1. The molecular formula is C12H16N2O2. The van der Waals surface area contributed by atoms with Crippen LogP contribution in [0.5, 0.6) is 0 Å². The van der Waals surface area contributed by atoms with Crippen molar-refractivity contribution in [2.45, 2.75) is 19.3 Å². The molecule has 0 N–H and O–H groups in total. The van der Waals surface area contributed by atoms with Gasteiger partial charge in [0.2, 0.25) is 0 Å². The van der Waals surface area contributed by atoms with E-state index in [0.29, 0.717) is 5.69 Å². The van der Waals surface area contributed by atoms with Crippen LogP contribution in [0, 0.1) is 0 Å². The molecule has 0 amide bonds. The number of carbonyl (C=O) groups is 1. The molecule has 4 heteroatoms. The van der Waals surface area contributed by atoms with Gasteiger partial charge >= 0.3 is 5.97 Å². The van der Waals surface area contributed by atoms with Gasteiger partial charge in [0.15, 0.2) is 0 Å².